The Morgan fingerprint density at radius 1 is 0.840 bits per heavy atom. The van der Waals surface area contributed by atoms with Gasteiger partial charge in [-0.1, -0.05) is 6.92 Å². The van der Waals surface area contributed by atoms with Gasteiger partial charge in [0.25, 0.3) is 0 Å². The Labute approximate surface area is 153 Å². The Balaban J connectivity index is 0.000000251. The van der Waals surface area contributed by atoms with E-state index in [-0.39, 0.29) is 29.0 Å². The summed E-state index contributed by atoms with van der Waals surface area (Å²) in [5, 5.41) is 9.64. The SMILES string of the molecule is CC(C)NS(=O)(=O)CC1(C)CC1.CC(C)NS(=O)(=O)CC1(O)CCC1. The lowest BCUT2D eigenvalue weighted by atomic mass is 9.82. The number of aliphatic hydroxyl groups is 1. The van der Waals surface area contributed by atoms with Crippen LogP contribution in [0.15, 0.2) is 0 Å². The quantitative estimate of drug-likeness (QED) is 0.571. The van der Waals surface area contributed by atoms with Gasteiger partial charge in [0.1, 0.15) is 0 Å². The lowest BCUT2D eigenvalue weighted by Crippen LogP contribution is -2.47. The van der Waals surface area contributed by atoms with E-state index in [0.29, 0.717) is 12.8 Å². The minimum Gasteiger partial charge on any atom is -0.389 e. The fourth-order valence-electron chi connectivity index (χ4n) is 2.70. The fraction of sp³-hybridized carbons (Fsp3) is 1.00. The first-order valence-electron chi connectivity index (χ1n) is 8.88. The first-order chi connectivity index (χ1) is 11.2. The molecule has 0 saturated heterocycles. The van der Waals surface area contributed by atoms with Crippen molar-refractivity contribution in [1.29, 1.82) is 0 Å². The van der Waals surface area contributed by atoms with Gasteiger partial charge in [-0.15, -0.1) is 0 Å². The summed E-state index contributed by atoms with van der Waals surface area (Å²) in [6, 6.07) is -0.0916. The Bertz CT molecular complexity index is 633. The van der Waals surface area contributed by atoms with Crippen molar-refractivity contribution in [1.82, 2.24) is 9.44 Å². The lowest BCUT2D eigenvalue weighted by molar-refractivity contribution is -0.0115. The van der Waals surface area contributed by atoms with Crippen LogP contribution in [-0.4, -0.2) is 51.1 Å². The molecule has 2 aliphatic rings. The minimum absolute atomic E-state index is 0.0114. The van der Waals surface area contributed by atoms with Gasteiger partial charge in [0.15, 0.2) is 0 Å². The van der Waals surface area contributed by atoms with Crippen molar-refractivity contribution in [3.63, 3.8) is 0 Å². The van der Waals surface area contributed by atoms with Crippen LogP contribution in [0.3, 0.4) is 0 Å². The van der Waals surface area contributed by atoms with Gasteiger partial charge in [-0.3, -0.25) is 0 Å². The van der Waals surface area contributed by atoms with Crippen molar-refractivity contribution in [2.75, 3.05) is 11.5 Å². The Kier molecular flexibility index (Phi) is 7.49. The van der Waals surface area contributed by atoms with Crippen molar-refractivity contribution >= 4 is 20.0 Å². The summed E-state index contributed by atoms with van der Waals surface area (Å²) in [5.74, 6) is 0.135. The highest BCUT2D eigenvalue weighted by atomic mass is 32.2. The second-order valence-electron chi connectivity index (χ2n) is 8.45. The summed E-state index contributed by atoms with van der Waals surface area (Å²) in [7, 11) is -6.33. The Morgan fingerprint density at radius 2 is 1.24 bits per heavy atom. The molecule has 2 saturated carbocycles. The van der Waals surface area contributed by atoms with Crippen LogP contribution < -0.4 is 9.44 Å². The van der Waals surface area contributed by atoms with E-state index in [0.717, 1.165) is 19.3 Å². The molecule has 0 heterocycles. The highest BCUT2D eigenvalue weighted by Gasteiger charge is 2.41. The molecule has 0 radical (unpaired) electrons. The van der Waals surface area contributed by atoms with Crippen LogP contribution in [0.25, 0.3) is 0 Å². The molecule has 25 heavy (non-hydrogen) atoms. The van der Waals surface area contributed by atoms with E-state index < -0.39 is 25.6 Å². The molecule has 0 amide bonds. The van der Waals surface area contributed by atoms with E-state index in [1.165, 1.54) is 0 Å². The fourth-order valence-corrected chi connectivity index (χ4v) is 6.51. The van der Waals surface area contributed by atoms with Gasteiger partial charge in [-0.2, -0.15) is 0 Å². The molecule has 0 bridgehead atoms. The molecule has 0 aromatic carbocycles. The van der Waals surface area contributed by atoms with Crippen LogP contribution in [0.1, 0.15) is 66.7 Å². The standard InChI is InChI=1S/C8H17NO3S.C8H17NO2S/c1-7(2)9-13(11,12)6-8(10)4-3-5-8;1-7(2)9-12(10,11)6-8(3)4-5-8/h7,9-10H,3-6H2,1-2H3;7,9H,4-6H2,1-3H3. The minimum atomic E-state index is -3.30. The van der Waals surface area contributed by atoms with Crippen LogP contribution in [0, 0.1) is 5.41 Å². The highest BCUT2D eigenvalue weighted by molar-refractivity contribution is 7.89. The third-order valence-electron chi connectivity index (χ3n) is 4.22. The maximum absolute atomic E-state index is 11.4. The monoisotopic (exact) mass is 398 g/mol. The summed E-state index contributed by atoms with van der Waals surface area (Å²) in [5.41, 5.74) is -0.887. The van der Waals surface area contributed by atoms with E-state index in [2.05, 4.69) is 9.44 Å². The van der Waals surface area contributed by atoms with E-state index in [9.17, 15) is 21.9 Å². The second kappa shape index (κ2) is 8.21. The topological polar surface area (TPSA) is 113 Å². The average Bonchev–Trinajstić information content (AvgIpc) is 2.99. The van der Waals surface area contributed by atoms with Gasteiger partial charge in [0, 0.05) is 12.1 Å². The van der Waals surface area contributed by atoms with Gasteiger partial charge in [0.2, 0.25) is 20.0 Å². The maximum Gasteiger partial charge on any atom is 0.214 e. The molecule has 0 atom stereocenters. The molecular formula is C16H34N2O5S2. The van der Waals surface area contributed by atoms with Gasteiger partial charge in [-0.25, -0.2) is 26.3 Å². The molecule has 0 aromatic rings. The van der Waals surface area contributed by atoms with Crippen LogP contribution >= 0.6 is 0 Å². The van der Waals surface area contributed by atoms with Gasteiger partial charge in [-0.05, 0) is 65.2 Å². The molecule has 2 fully saturated rings. The molecule has 0 spiro atoms. The zero-order chi connectivity index (χ0) is 19.5. The van der Waals surface area contributed by atoms with Crippen molar-refractivity contribution in [2.45, 2.75) is 84.4 Å². The third kappa shape index (κ3) is 9.33. The van der Waals surface area contributed by atoms with Crippen LogP contribution in [0.5, 0.6) is 0 Å². The van der Waals surface area contributed by atoms with Crippen molar-refractivity contribution in [3.05, 3.63) is 0 Å². The molecule has 0 aromatic heterocycles. The molecule has 150 valence electrons. The van der Waals surface area contributed by atoms with Crippen LogP contribution in [-0.2, 0) is 20.0 Å². The number of sulfonamides is 2. The van der Waals surface area contributed by atoms with Crippen molar-refractivity contribution in [3.8, 4) is 0 Å². The number of hydrogen-bond donors (Lipinski definition) is 3. The zero-order valence-electron chi connectivity index (χ0n) is 16.0. The Hall–Kier alpha value is -0.220. The molecule has 2 rings (SSSR count). The lowest BCUT2D eigenvalue weighted by Gasteiger charge is -2.36. The summed E-state index contributed by atoms with van der Waals surface area (Å²) in [6.07, 6.45) is 4.23. The number of nitrogens with one attached hydrogen (secondary N) is 2. The molecule has 0 unspecified atom stereocenters. The van der Waals surface area contributed by atoms with Gasteiger partial charge < -0.3 is 5.11 Å². The van der Waals surface area contributed by atoms with E-state index in [1.807, 2.05) is 20.8 Å². The summed E-state index contributed by atoms with van der Waals surface area (Å²) in [4.78, 5) is 0. The maximum atomic E-state index is 11.4. The van der Waals surface area contributed by atoms with E-state index in [4.69, 9.17) is 0 Å². The second-order valence-corrected chi connectivity index (χ2v) is 12.0. The zero-order valence-corrected chi connectivity index (χ0v) is 17.6. The van der Waals surface area contributed by atoms with E-state index >= 15 is 0 Å². The predicted molar refractivity (Wildman–Crippen MR) is 100 cm³/mol. The number of hydrogen-bond acceptors (Lipinski definition) is 5. The van der Waals surface area contributed by atoms with Gasteiger partial charge in [0.05, 0.1) is 17.1 Å². The molecule has 2 aliphatic carbocycles. The average molecular weight is 399 g/mol. The predicted octanol–water partition coefficient (Wildman–Crippen LogP) is 1.34. The summed E-state index contributed by atoms with van der Waals surface area (Å²) < 4.78 is 50.6. The molecular weight excluding hydrogens is 364 g/mol. The summed E-state index contributed by atoms with van der Waals surface area (Å²) in [6.45, 7) is 9.23. The van der Waals surface area contributed by atoms with E-state index in [1.54, 1.807) is 13.8 Å². The van der Waals surface area contributed by atoms with Crippen molar-refractivity contribution < 1.29 is 21.9 Å². The molecule has 7 nitrogen and oxygen atoms in total. The smallest absolute Gasteiger partial charge is 0.214 e. The van der Waals surface area contributed by atoms with Crippen LogP contribution in [0.4, 0.5) is 0 Å². The third-order valence-corrected chi connectivity index (χ3v) is 7.87. The van der Waals surface area contributed by atoms with Gasteiger partial charge >= 0.3 is 0 Å². The van der Waals surface area contributed by atoms with Crippen LogP contribution in [0.2, 0.25) is 0 Å². The number of rotatable bonds is 8. The molecule has 9 heteroatoms. The largest absolute Gasteiger partial charge is 0.389 e. The highest BCUT2D eigenvalue weighted by Crippen LogP contribution is 2.45. The molecule has 3 N–H and O–H groups in total. The first kappa shape index (κ1) is 22.8. The first-order valence-corrected chi connectivity index (χ1v) is 12.2. The normalized spacial score (nSPS) is 21.4. The molecule has 0 aliphatic heterocycles. The summed E-state index contributed by atoms with van der Waals surface area (Å²) >= 11 is 0. The van der Waals surface area contributed by atoms with Crippen molar-refractivity contribution in [2.24, 2.45) is 5.41 Å². The Morgan fingerprint density at radius 3 is 1.52 bits per heavy atom.